The summed E-state index contributed by atoms with van der Waals surface area (Å²) in [5, 5.41) is 5.37. The van der Waals surface area contributed by atoms with Gasteiger partial charge in [0.05, 0.1) is 19.2 Å². The lowest BCUT2D eigenvalue weighted by molar-refractivity contribution is 0.240. The van der Waals surface area contributed by atoms with Crippen molar-refractivity contribution in [3.8, 4) is 17.2 Å². The van der Waals surface area contributed by atoms with Crippen LogP contribution in [0.5, 0.6) is 5.75 Å². The predicted octanol–water partition coefficient (Wildman–Crippen LogP) is 3.62. The van der Waals surface area contributed by atoms with Gasteiger partial charge < -0.3 is 14.2 Å². The Morgan fingerprint density at radius 2 is 1.77 bits per heavy atom. The third kappa shape index (κ3) is 3.71. The number of aromatic nitrogens is 3. The zero-order chi connectivity index (χ0) is 20.3. The molecule has 3 heterocycles. The van der Waals surface area contributed by atoms with Crippen LogP contribution < -0.4 is 9.64 Å². The number of rotatable bonds is 5. The largest absolute Gasteiger partial charge is 0.497 e. The summed E-state index contributed by atoms with van der Waals surface area (Å²) in [7, 11) is 1.65. The number of hydrogen-bond acceptors (Lipinski definition) is 7. The van der Waals surface area contributed by atoms with Crippen molar-refractivity contribution in [3.63, 3.8) is 0 Å². The summed E-state index contributed by atoms with van der Waals surface area (Å²) in [6.07, 6.45) is 1.89. The average Bonchev–Trinajstić information content (AvgIpc) is 3.28. The molecule has 0 aliphatic carbocycles. The maximum absolute atomic E-state index is 5.46. The van der Waals surface area contributed by atoms with Gasteiger partial charge in [-0.2, -0.15) is 4.98 Å². The van der Waals surface area contributed by atoms with Crippen molar-refractivity contribution < 1.29 is 9.26 Å². The van der Waals surface area contributed by atoms with Crippen LogP contribution >= 0.6 is 0 Å². The van der Waals surface area contributed by atoms with E-state index in [4.69, 9.17) is 9.26 Å². The van der Waals surface area contributed by atoms with Gasteiger partial charge in [-0.25, -0.2) is 0 Å². The van der Waals surface area contributed by atoms with Crippen LogP contribution in [-0.4, -0.2) is 53.3 Å². The third-order valence-corrected chi connectivity index (χ3v) is 5.51. The lowest BCUT2D eigenvalue weighted by atomic mass is 10.1. The maximum atomic E-state index is 5.46. The van der Waals surface area contributed by atoms with Gasteiger partial charge in [0.1, 0.15) is 5.75 Å². The zero-order valence-electron chi connectivity index (χ0n) is 16.9. The molecule has 1 aliphatic rings. The summed E-state index contributed by atoms with van der Waals surface area (Å²) in [6, 6.07) is 18.0. The first-order valence-corrected chi connectivity index (χ1v) is 10.1. The summed E-state index contributed by atoms with van der Waals surface area (Å²) in [5.74, 6) is 2.05. The van der Waals surface area contributed by atoms with E-state index >= 15 is 0 Å². The van der Waals surface area contributed by atoms with Gasteiger partial charge in [-0.1, -0.05) is 23.4 Å². The van der Waals surface area contributed by atoms with Crippen molar-refractivity contribution in [2.45, 2.75) is 6.54 Å². The van der Waals surface area contributed by atoms with E-state index in [1.54, 1.807) is 7.11 Å². The molecule has 1 saturated heterocycles. The third-order valence-electron chi connectivity index (χ3n) is 5.51. The van der Waals surface area contributed by atoms with E-state index in [0.29, 0.717) is 18.3 Å². The van der Waals surface area contributed by atoms with Crippen molar-refractivity contribution in [1.29, 1.82) is 0 Å². The van der Waals surface area contributed by atoms with E-state index in [1.807, 2.05) is 36.5 Å². The minimum Gasteiger partial charge on any atom is -0.497 e. The Hall–Kier alpha value is -3.45. The summed E-state index contributed by atoms with van der Waals surface area (Å²) in [4.78, 5) is 13.8. The van der Waals surface area contributed by atoms with Crippen LogP contribution in [0.3, 0.4) is 0 Å². The van der Waals surface area contributed by atoms with E-state index in [0.717, 1.165) is 43.0 Å². The molecule has 0 unspecified atom stereocenters. The summed E-state index contributed by atoms with van der Waals surface area (Å²) in [6.45, 7) is 4.49. The van der Waals surface area contributed by atoms with Gasteiger partial charge in [-0.15, -0.1) is 0 Å². The van der Waals surface area contributed by atoms with Crippen molar-refractivity contribution in [3.05, 3.63) is 66.6 Å². The normalized spacial score (nSPS) is 14.9. The van der Waals surface area contributed by atoms with Crippen LogP contribution in [0.15, 0.2) is 65.3 Å². The van der Waals surface area contributed by atoms with Gasteiger partial charge in [-0.05, 0) is 36.4 Å². The fourth-order valence-electron chi connectivity index (χ4n) is 3.87. The second-order valence-electron chi connectivity index (χ2n) is 7.35. The molecular formula is C23H23N5O2. The molecule has 2 aromatic heterocycles. The molecule has 0 saturated carbocycles. The fraction of sp³-hybridized carbons (Fsp3) is 0.261. The fourth-order valence-corrected chi connectivity index (χ4v) is 3.87. The Kier molecular flexibility index (Phi) is 5.03. The summed E-state index contributed by atoms with van der Waals surface area (Å²) in [5.41, 5.74) is 3.18. The first-order chi connectivity index (χ1) is 14.8. The Morgan fingerprint density at radius 3 is 2.57 bits per heavy atom. The van der Waals surface area contributed by atoms with E-state index < -0.39 is 0 Å². The Morgan fingerprint density at radius 1 is 0.967 bits per heavy atom. The number of para-hydroxylation sites is 1. The van der Waals surface area contributed by atoms with Gasteiger partial charge >= 0.3 is 0 Å². The van der Waals surface area contributed by atoms with Crippen molar-refractivity contribution in [2.24, 2.45) is 0 Å². The average molecular weight is 401 g/mol. The highest BCUT2D eigenvalue weighted by atomic mass is 16.5. The van der Waals surface area contributed by atoms with E-state index in [-0.39, 0.29) is 0 Å². The smallest absolute Gasteiger partial charge is 0.257 e. The van der Waals surface area contributed by atoms with Crippen LogP contribution in [0.25, 0.3) is 22.4 Å². The molecule has 7 heteroatoms. The molecule has 30 heavy (non-hydrogen) atoms. The van der Waals surface area contributed by atoms with Crippen LogP contribution in [0.4, 0.5) is 5.69 Å². The number of benzene rings is 2. The molecule has 0 amide bonds. The number of fused-ring (bicyclic) bond motifs is 1. The molecule has 7 nitrogen and oxygen atoms in total. The van der Waals surface area contributed by atoms with Crippen LogP contribution in [0.1, 0.15) is 5.82 Å². The summed E-state index contributed by atoms with van der Waals surface area (Å²) >= 11 is 0. The monoisotopic (exact) mass is 401 g/mol. The highest BCUT2D eigenvalue weighted by molar-refractivity contribution is 5.91. The molecule has 2 aromatic carbocycles. The lowest BCUT2D eigenvalue weighted by Gasteiger charge is -2.36. The number of ether oxygens (including phenoxy) is 1. The second-order valence-corrected chi connectivity index (χ2v) is 7.35. The molecular weight excluding hydrogens is 378 g/mol. The van der Waals surface area contributed by atoms with Crippen molar-refractivity contribution in [1.82, 2.24) is 20.0 Å². The first kappa shape index (κ1) is 18.6. The van der Waals surface area contributed by atoms with Gasteiger partial charge in [0.25, 0.3) is 5.89 Å². The number of nitrogens with zero attached hydrogens (tertiary/aromatic N) is 5. The predicted molar refractivity (Wildman–Crippen MR) is 116 cm³/mol. The molecule has 4 aromatic rings. The number of anilines is 1. The van der Waals surface area contributed by atoms with E-state index in [9.17, 15) is 0 Å². The molecule has 1 fully saturated rings. The molecule has 152 valence electrons. The lowest BCUT2D eigenvalue weighted by Crippen LogP contribution is -2.46. The van der Waals surface area contributed by atoms with Crippen molar-refractivity contribution in [2.75, 3.05) is 38.2 Å². The van der Waals surface area contributed by atoms with Crippen LogP contribution in [-0.2, 0) is 6.54 Å². The SMILES string of the molecule is COc1ccc(-c2nc(CN3CCN(c4ccnc5ccccc45)CC3)no2)cc1. The molecule has 0 spiro atoms. The minimum absolute atomic E-state index is 0.537. The summed E-state index contributed by atoms with van der Waals surface area (Å²) < 4.78 is 10.7. The van der Waals surface area contributed by atoms with Gasteiger partial charge in [-0.3, -0.25) is 9.88 Å². The van der Waals surface area contributed by atoms with Crippen LogP contribution in [0, 0.1) is 0 Å². The standard InChI is InChI=1S/C23H23N5O2/c1-29-18-8-6-17(7-9-18)23-25-22(26-30-23)16-27-12-14-28(15-13-27)21-10-11-24-20-5-3-2-4-19(20)21/h2-11H,12-16H2,1H3. The maximum Gasteiger partial charge on any atom is 0.257 e. The quantitative estimate of drug-likeness (QED) is 0.506. The van der Waals surface area contributed by atoms with Crippen LogP contribution in [0.2, 0.25) is 0 Å². The van der Waals surface area contributed by atoms with Gasteiger partial charge in [0.15, 0.2) is 5.82 Å². The first-order valence-electron chi connectivity index (χ1n) is 10.1. The minimum atomic E-state index is 0.537. The number of methoxy groups -OCH3 is 1. The van der Waals surface area contributed by atoms with Gasteiger partial charge in [0, 0.05) is 49.0 Å². The molecule has 0 radical (unpaired) electrons. The number of piperazine rings is 1. The molecule has 0 N–H and O–H groups in total. The zero-order valence-corrected chi connectivity index (χ0v) is 16.9. The number of hydrogen-bond donors (Lipinski definition) is 0. The topological polar surface area (TPSA) is 67.5 Å². The molecule has 5 rings (SSSR count). The Balaban J connectivity index is 1.23. The molecule has 0 bridgehead atoms. The van der Waals surface area contributed by atoms with E-state index in [1.165, 1.54) is 11.1 Å². The Bertz CT molecular complexity index is 1130. The van der Waals surface area contributed by atoms with E-state index in [2.05, 4.69) is 49.2 Å². The molecule has 1 aliphatic heterocycles. The number of pyridine rings is 1. The second kappa shape index (κ2) is 8.12. The Labute approximate surface area is 174 Å². The van der Waals surface area contributed by atoms with Gasteiger partial charge in [0.2, 0.25) is 0 Å². The highest BCUT2D eigenvalue weighted by Crippen LogP contribution is 2.26. The van der Waals surface area contributed by atoms with Crippen molar-refractivity contribution >= 4 is 16.6 Å². The molecule has 0 atom stereocenters. The highest BCUT2D eigenvalue weighted by Gasteiger charge is 2.20.